The van der Waals surface area contributed by atoms with Gasteiger partial charge in [0.2, 0.25) is 0 Å². The second kappa shape index (κ2) is 7.73. The van der Waals surface area contributed by atoms with Crippen molar-refractivity contribution in [3.8, 4) is 0 Å². The van der Waals surface area contributed by atoms with E-state index in [0.29, 0.717) is 18.7 Å². The number of hydrogen-bond donors (Lipinski definition) is 0. The van der Waals surface area contributed by atoms with Crippen LogP contribution in [0.1, 0.15) is 29.7 Å². The molecule has 0 saturated carbocycles. The molecule has 0 unspecified atom stereocenters. The molecule has 0 bridgehead atoms. The Morgan fingerprint density at radius 1 is 1.04 bits per heavy atom. The first-order valence-electron chi connectivity index (χ1n) is 8.23. The van der Waals surface area contributed by atoms with Crippen LogP contribution in [0.5, 0.6) is 0 Å². The molecule has 2 aromatic rings. The molecule has 3 nitrogen and oxygen atoms in total. The zero-order valence-electron chi connectivity index (χ0n) is 13.9. The first kappa shape index (κ1) is 16.2. The molecular weight excluding hydrogens is 286 g/mol. The average molecular weight is 311 g/mol. The third-order valence-electron chi connectivity index (χ3n) is 4.45. The lowest BCUT2D eigenvalue weighted by Crippen LogP contribution is -2.45. The standard InChI is InChI=1S/C20H25NO2/c1-16-13-23-15-20(19-9-4-3-5-10-19)21(16)12-17-7-6-8-18(11-17)14-22-2/h3-11,16,20H,12-15H2,1-2H3/t16-,20+/m1/s1. The molecule has 122 valence electrons. The highest BCUT2D eigenvalue weighted by atomic mass is 16.5. The van der Waals surface area contributed by atoms with Gasteiger partial charge in [-0.2, -0.15) is 0 Å². The van der Waals surface area contributed by atoms with Gasteiger partial charge in [-0.1, -0.05) is 54.6 Å². The summed E-state index contributed by atoms with van der Waals surface area (Å²) in [5.74, 6) is 0. The number of hydrogen-bond acceptors (Lipinski definition) is 3. The molecule has 1 fully saturated rings. The van der Waals surface area contributed by atoms with Crippen LogP contribution >= 0.6 is 0 Å². The van der Waals surface area contributed by atoms with E-state index in [9.17, 15) is 0 Å². The molecule has 0 radical (unpaired) electrons. The summed E-state index contributed by atoms with van der Waals surface area (Å²) in [6.07, 6.45) is 0. The van der Waals surface area contributed by atoms with E-state index in [1.165, 1.54) is 16.7 Å². The fourth-order valence-electron chi connectivity index (χ4n) is 3.27. The molecule has 2 aromatic carbocycles. The summed E-state index contributed by atoms with van der Waals surface area (Å²) in [4.78, 5) is 2.55. The summed E-state index contributed by atoms with van der Waals surface area (Å²) in [6.45, 7) is 5.39. The van der Waals surface area contributed by atoms with E-state index in [4.69, 9.17) is 9.47 Å². The van der Waals surface area contributed by atoms with Crippen LogP contribution in [0.15, 0.2) is 54.6 Å². The minimum Gasteiger partial charge on any atom is -0.380 e. The number of nitrogens with zero attached hydrogens (tertiary/aromatic N) is 1. The van der Waals surface area contributed by atoms with E-state index in [-0.39, 0.29) is 0 Å². The van der Waals surface area contributed by atoms with Crippen molar-refractivity contribution in [3.05, 3.63) is 71.3 Å². The van der Waals surface area contributed by atoms with Gasteiger partial charge in [-0.25, -0.2) is 0 Å². The monoisotopic (exact) mass is 311 g/mol. The van der Waals surface area contributed by atoms with Gasteiger partial charge in [-0.15, -0.1) is 0 Å². The molecule has 0 spiro atoms. The smallest absolute Gasteiger partial charge is 0.0713 e. The number of benzene rings is 2. The third kappa shape index (κ3) is 3.99. The highest BCUT2D eigenvalue weighted by Crippen LogP contribution is 2.29. The first-order valence-corrected chi connectivity index (χ1v) is 8.23. The number of methoxy groups -OCH3 is 1. The minimum atomic E-state index is 0.311. The highest BCUT2D eigenvalue weighted by Gasteiger charge is 2.29. The maximum atomic E-state index is 5.82. The van der Waals surface area contributed by atoms with Gasteiger partial charge in [-0.3, -0.25) is 4.90 Å². The molecule has 3 rings (SSSR count). The maximum Gasteiger partial charge on any atom is 0.0713 e. The van der Waals surface area contributed by atoms with Crippen LogP contribution in [-0.2, 0) is 22.6 Å². The minimum absolute atomic E-state index is 0.311. The topological polar surface area (TPSA) is 21.7 Å². The van der Waals surface area contributed by atoms with Gasteiger partial charge in [-0.05, 0) is 23.6 Å². The SMILES string of the molecule is COCc1cccc(CN2[C@H](C)COC[C@H]2c2ccccc2)c1. The van der Waals surface area contributed by atoms with E-state index < -0.39 is 0 Å². The quantitative estimate of drug-likeness (QED) is 0.838. The van der Waals surface area contributed by atoms with Crippen molar-refractivity contribution in [2.75, 3.05) is 20.3 Å². The summed E-state index contributed by atoms with van der Waals surface area (Å²) < 4.78 is 11.1. The van der Waals surface area contributed by atoms with Crippen LogP contribution in [0.4, 0.5) is 0 Å². The molecule has 1 aliphatic heterocycles. The second-order valence-electron chi connectivity index (χ2n) is 6.24. The van der Waals surface area contributed by atoms with Gasteiger partial charge in [0.25, 0.3) is 0 Å². The van der Waals surface area contributed by atoms with E-state index in [1.807, 2.05) is 0 Å². The van der Waals surface area contributed by atoms with Crippen molar-refractivity contribution < 1.29 is 9.47 Å². The van der Waals surface area contributed by atoms with Crippen LogP contribution in [-0.4, -0.2) is 31.3 Å². The van der Waals surface area contributed by atoms with Crippen LogP contribution in [0.2, 0.25) is 0 Å². The summed E-state index contributed by atoms with van der Waals surface area (Å²) in [7, 11) is 1.74. The predicted molar refractivity (Wildman–Crippen MR) is 92.2 cm³/mol. The Bertz CT molecular complexity index is 614. The van der Waals surface area contributed by atoms with Gasteiger partial charge in [0.05, 0.1) is 25.9 Å². The predicted octanol–water partition coefficient (Wildman–Crippen LogP) is 3.80. The Kier molecular flexibility index (Phi) is 5.44. The maximum absolute atomic E-state index is 5.82. The molecule has 23 heavy (non-hydrogen) atoms. The molecule has 1 heterocycles. The van der Waals surface area contributed by atoms with Crippen LogP contribution < -0.4 is 0 Å². The Hall–Kier alpha value is -1.68. The van der Waals surface area contributed by atoms with Crippen LogP contribution in [0.3, 0.4) is 0 Å². The van der Waals surface area contributed by atoms with Gasteiger partial charge < -0.3 is 9.47 Å². The van der Waals surface area contributed by atoms with E-state index in [1.54, 1.807) is 7.11 Å². The fraction of sp³-hybridized carbons (Fsp3) is 0.400. The highest BCUT2D eigenvalue weighted by molar-refractivity contribution is 5.25. The molecular formula is C20H25NO2. The number of morpholine rings is 1. The van der Waals surface area contributed by atoms with E-state index in [2.05, 4.69) is 66.4 Å². The molecule has 0 amide bonds. The van der Waals surface area contributed by atoms with Gasteiger partial charge in [0.15, 0.2) is 0 Å². The van der Waals surface area contributed by atoms with Gasteiger partial charge in [0.1, 0.15) is 0 Å². The van der Waals surface area contributed by atoms with Crippen molar-refractivity contribution in [1.82, 2.24) is 4.90 Å². The number of rotatable bonds is 5. The lowest BCUT2D eigenvalue weighted by molar-refractivity contribution is -0.0490. The molecule has 1 aliphatic rings. The zero-order valence-corrected chi connectivity index (χ0v) is 13.9. The normalized spacial score (nSPS) is 22.2. The molecule has 0 N–H and O–H groups in total. The van der Waals surface area contributed by atoms with Crippen molar-refractivity contribution in [2.24, 2.45) is 0 Å². The molecule has 3 heteroatoms. The lowest BCUT2D eigenvalue weighted by atomic mass is 10.0. The van der Waals surface area contributed by atoms with E-state index in [0.717, 1.165) is 19.8 Å². The summed E-state index contributed by atoms with van der Waals surface area (Å²) in [6, 6.07) is 20.0. The Morgan fingerprint density at radius 2 is 1.83 bits per heavy atom. The third-order valence-corrected chi connectivity index (χ3v) is 4.45. The van der Waals surface area contributed by atoms with E-state index >= 15 is 0 Å². The van der Waals surface area contributed by atoms with Gasteiger partial charge >= 0.3 is 0 Å². The lowest BCUT2D eigenvalue weighted by Gasteiger charge is -2.40. The molecule has 0 aromatic heterocycles. The van der Waals surface area contributed by atoms with Crippen LogP contribution in [0.25, 0.3) is 0 Å². The Labute approximate surface area is 138 Å². The number of ether oxygens (including phenoxy) is 2. The molecule has 2 atom stereocenters. The van der Waals surface area contributed by atoms with Crippen molar-refractivity contribution in [2.45, 2.75) is 32.2 Å². The van der Waals surface area contributed by atoms with Crippen molar-refractivity contribution in [1.29, 1.82) is 0 Å². The molecule has 1 saturated heterocycles. The second-order valence-corrected chi connectivity index (χ2v) is 6.24. The Morgan fingerprint density at radius 3 is 2.61 bits per heavy atom. The fourth-order valence-corrected chi connectivity index (χ4v) is 3.27. The zero-order chi connectivity index (χ0) is 16.1. The first-order chi connectivity index (χ1) is 11.3. The van der Waals surface area contributed by atoms with Crippen molar-refractivity contribution >= 4 is 0 Å². The summed E-state index contributed by atoms with van der Waals surface area (Å²) in [5, 5.41) is 0. The Balaban J connectivity index is 1.81. The van der Waals surface area contributed by atoms with Crippen LogP contribution in [0, 0.1) is 0 Å². The largest absolute Gasteiger partial charge is 0.380 e. The molecule has 0 aliphatic carbocycles. The summed E-state index contributed by atoms with van der Waals surface area (Å²) >= 11 is 0. The van der Waals surface area contributed by atoms with Crippen molar-refractivity contribution in [3.63, 3.8) is 0 Å². The summed E-state index contributed by atoms with van der Waals surface area (Å²) in [5.41, 5.74) is 3.88. The van der Waals surface area contributed by atoms with Gasteiger partial charge in [0, 0.05) is 19.7 Å². The average Bonchev–Trinajstić information content (AvgIpc) is 2.58.